The third-order valence-corrected chi connectivity index (χ3v) is 4.87. The lowest BCUT2D eigenvalue weighted by molar-refractivity contribution is -0.131. The highest BCUT2D eigenvalue weighted by Gasteiger charge is 2.40. The molecule has 2 aliphatic rings. The van der Waals surface area contributed by atoms with Crippen LogP contribution in [0, 0.1) is 0 Å². The number of anilines is 1. The zero-order valence-electron chi connectivity index (χ0n) is 14.2. The largest absolute Gasteiger partial charge is 0.325 e. The number of para-hydroxylation sites is 1. The zero-order chi connectivity index (χ0) is 18.1. The fourth-order valence-corrected chi connectivity index (χ4v) is 3.53. The van der Waals surface area contributed by atoms with E-state index >= 15 is 0 Å². The summed E-state index contributed by atoms with van der Waals surface area (Å²) in [6.07, 6.45) is 1.21. The van der Waals surface area contributed by atoms with Gasteiger partial charge in [0.1, 0.15) is 12.6 Å². The zero-order valence-corrected chi connectivity index (χ0v) is 14.2. The van der Waals surface area contributed by atoms with Crippen LogP contribution < -0.4 is 10.2 Å². The Hall–Kier alpha value is -3.15. The summed E-state index contributed by atoms with van der Waals surface area (Å²) in [5.41, 5.74) is 2.94. The van der Waals surface area contributed by atoms with Crippen molar-refractivity contribution in [2.75, 3.05) is 18.0 Å². The molecule has 6 heteroatoms. The normalized spacial score (nSPS) is 18.8. The molecule has 0 aliphatic carbocycles. The standard InChI is InChI=1S/C20H19N3O3/c24-18(22-11-10-15-8-4-5-9-17(15)22)13-23-19(25)16(21-20(23)26)12-14-6-2-1-3-7-14/h1-9,16H,10-13H2,(H,21,26)/t16-/m0/s1. The molecular formula is C20H19N3O3. The van der Waals surface area contributed by atoms with E-state index < -0.39 is 12.1 Å². The number of nitrogens with zero attached hydrogens (tertiary/aromatic N) is 2. The van der Waals surface area contributed by atoms with Crippen molar-refractivity contribution < 1.29 is 14.4 Å². The molecule has 26 heavy (non-hydrogen) atoms. The monoisotopic (exact) mass is 349 g/mol. The van der Waals surface area contributed by atoms with Crippen LogP contribution in [-0.2, 0) is 22.4 Å². The summed E-state index contributed by atoms with van der Waals surface area (Å²) in [6, 6.07) is 16.1. The molecule has 2 aromatic carbocycles. The number of benzene rings is 2. The number of hydrogen-bond acceptors (Lipinski definition) is 3. The van der Waals surface area contributed by atoms with Gasteiger partial charge in [-0.3, -0.25) is 14.5 Å². The Labute approximate surface area is 151 Å². The molecule has 0 spiro atoms. The molecule has 1 N–H and O–H groups in total. The predicted molar refractivity (Wildman–Crippen MR) is 96.7 cm³/mol. The van der Waals surface area contributed by atoms with Gasteiger partial charge in [-0.15, -0.1) is 0 Å². The lowest BCUT2D eigenvalue weighted by Gasteiger charge is -2.20. The minimum atomic E-state index is -0.622. The minimum Gasteiger partial charge on any atom is -0.325 e. The van der Waals surface area contributed by atoms with E-state index in [1.165, 1.54) is 0 Å². The number of urea groups is 1. The van der Waals surface area contributed by atoms with Crippen LogP contribution in [0.25, 0.3) is 0 Å². The number of imide groups is 1. The van der Waals surface area contributed by atoms with E-state index in [1.54, 1.807) is 4.90 Å². The van der Waals surface area contributed by atoms with Crippen molar-refractivity contribution >= 4 is 23.5 Å². The van der Waals surface area contributed by atoms with Crippen molar-refractivity contribution in [2.24, 2.45) is 0 Å². The van der Waals surface area contributed by atoms with E-state index in [-0.39, 0.29) is 18.4 Å². The van der Waals surface area contributed by atoms with E-state index in [0.29, 0.717) is 13.0 Å². The van der Waals surface area contributed by atoms with Crippen molar-refractivity contribution in [3.05, 3.63) is 65.7 Å². The van der Waals surface area contributed by atoms with Gasteiger partial charge in [0, 0.05) is 18.7 Å². The first-order valence-corrected chi connectivity index (χ1v) is 8.67. The molecule has 2 heterocycles. The molecular weight excluding hydrogens is 330 g/mol. The van der Waals surface area contributed by atoms with Gasteiger partial charge in [0.05, 0.1) is 0 Å². The topological polar surface area (TPSA) is 69.7 Å². The molecule has 1 fully saturated rings. The second-order valence-electron chi connectivity index (χ2n) is 6.54. The molecule has 2 aliphatic heterocycles. The second kappa shape index (κ2) is 6.63. The van der Waals surface area contributed by atoms with Gasteiger partial charge in [-0.05, 0) is 23.6 Å². The van der Waals surface area contributed by atoms with Crippen LogP contribution in [0.15, 0.2) is 54.6 Å². The average molecular weight is 349 g/mol. The molecule has 6 nitrogen and oxygen atoms in total. The number of hydrogen-bond donors (Lipinski definition) is 1. The van der Waals surface area contributed by atoms with Crippen LogP contribution in [0.3, 0.4) is 0 Å². The van der Waals surface area contributed by atoms with E-state index in [4.69, 9.17) is 0 Å². The van der Waals surface area contributed by atoms with Crippen molar-refractivity contribution in [3.63, 3.8) is 0 Å². The number of nitrogens with one attached hydrogen (secondary N) is 1. The van der Waals surface area contributed by atoms with E-state index in [2.05, 4.69) is 5.32 Å². The minimum absolute atomic E-state index is 0.232. The molecule has 0 aromatic heterocycles. The SMILES string of the molecule is O=C1N[C@@H](Cc2ccccc2)C(=O)N1CC(=O)N1CCc2ccccc21. The molecule has 2 aromatic rings. The van der Waals surface area contributed by atoms with E-state index in [9.17, 15) is 14.4 Å². The third kappa shape index (κ3) is 2.94. The van der Waals surface area contributed by atoms with Gasteiger partial charge in [-0.1, -0.05) is 48.5 Å². The van der Waals surface area contributed by atoms with Crippen molar-refractivity contribution in [2.45, 2.75) is 18.9 Å². The maximum atomic E-state index is 12.7. The molecule has 0 unspecified atom stereocenters. The summed E-state index contributed by atoms with van der Waals surface area (Å²) in [6.45, 7) is 0.347. The first kappa shape index (κ1) is 16.3. The van der Waals surface area contributed by atoms with E-state index in [1.807, 2.05) is 54.6 Å². The van der Waals surface area contributed by atoms with E-state index in [0.717, 1.165) is 28.1 Å². The summed E-state index contributed by atoms with van der Waals surface area (Å²) >= 11 is 0. The van der Waals surface area contributed by atoms with Gasteiger partial charge in [-0.25, -0.2) is 4.79 Å². The third-order valence-electron chi connectivity index (χ3n) is 4.87. The summed E-state index contributed by atoms with van der Waals surface area (Å²) in [5, 5.41) is 2.68. The van der Waals surface area contributed by atoms with Crippen molar-refractivity contribution in [3.8, 4) is 0 Å². The number of rotatable bonds is 4. The Bertz CT molecular complexity index is 866. The number of carbonyl (C=O) groups is 3. The fourth-order valence-electron chi connectivity index (χ4n) is 3.53. The van der Waals surface area contributed by atoms with Crippen molar-refractivity contribution in [1.82, 2.24) is 10.2 Å². The first-order valence-electron chi connectivity index (χ1n) is 8.67. The molecule has 0 saturated carbocycles. The van der Waals surface area contributed by atoms with Crippen LogP contribution >= 0.6 is 0 Å². The van der Waals surface area contributed by atoms with Crippen LogP contribution in [0.5, 0.6) is 0 Å². The second-order valence-corrected chi connectivity index (χ2v) is 6.54. The van der Waals surface area contributed by atoms with Crippen molar-refractivity contribution in [1.29, 1.82) is 0 Å². The Morgan fingerprint density at radius 2 is 1.77 bits per heavy atom. The van der Waals surface area contributed by atoms with Gasteiger partial charge in [0.2, 0.25) is 5.91 Å². The maximum absolute atomic E-state index is 12.7. The Balaban J connectivity index is 1.44. The molecule has 4 rings (SSSR count). The summed E-state index contributed by atoms with van der Waals surface area (Å²) in [7, 11) is 0. The smallest absolute Gasteiger partial charge is 0.325 e. The van der Waals surface area contributed by atoms with Gasteiger partial charge in [0.25, 0.3) is 5.91 Å². The maximum Gasteiger partial charge on any atom is 0.325 e. The highest BCUT2D eigenvalue weighted by Crippen LogP contribution is 2.27. The average Bonchev–Trinajstić information content (AvgIpc) is 3.19. The predicted octanol–water partition coefficient (Wildman–Crippen LogP) is 1.74. The van der Waals surface area contributed by atoms with Gasteiger partial charge in [0.15, 0.2) is 0 Å². The lowest BCUT2D eigenvalue weighted by atomic mass is 10.1. The van der Waals surface area contributed by atoms with Gasteiger partial charge >= 0.3 is 6.03 Å². The quantitative estimate of drug-likeness (QED) is 0.855. The highest BCUT2D eigenvalue weighted by atomic mass is 16.2. The molecule has 0 bridgehead atoms. The molecule has 1 atom stereocenters. The van der Waals surface area contributed by atoms with Crippen LogP contribution in [0.4, 0.5) is 10.5 Å². The molecule has 132 valence electrons. The van der Waals surface area contributed by atoms with Crippen LogP contribution in [0.1, 0.15) is 11.1 Å². The molecule has 0 radical (unpaired) electrons. The first-order chi connectivity index (χ1) is 12.6. The fraction of sp³-hybridized carbons (Fsp3) is 0.250. The van der Waals surface area contributed by atoms with Gasteiger partial charge in [-0.2, -0.15) is 0 Å². The Morgan fingerprint density at radius 3 is 2.58 bits per heavy atom. The Kier molecular flexibility index (Phi) is 4.16. The highest BCUT2D eigenvalue weighted by molar-refractivity contribution is 6.08. The molecule has 4 amide bonds. The van der Waals surface area contributed by atoms with Gasteiger partial charge < -0.3 is 10.2 Å². The summed E-state index contributed by atoms with van der Waals surface area (Å²) < 4.78 is 0. The number of amides is 4. The van der Waals surface area contributed by atoms with Crippen LogP contribution in [0.2, 0.25) is 0 Å². The molecule has 1 saturated heterocycles. The Morgan fingerprint density at radius 1 is 1.04 bits per heavy atom. The number of carbonyl (C=O) groups excluding carboxylic acids is 3. The number of fused-ring (bicyclic) bond motifs is 1. The summed E-state index contributed by atoms with van der Waals surface area (Å²) in [5.74, 6) is -0.585. The van der Waals surface area contributed by atoms with Crippen LogP contribution in [-0.4, -0.2) is 41.9 Å². The summed E-state index contributed by atoms with van der Waals surface area (Å²) in [4.78, 5) is 40.1. The lowest BCUT2D eigenvalue weighted by Crippen LogP contribution is -2.43.